The van der Waals surface area contributed by atoms with E-state index in [9.17, 15) is 47.4 Å². The highest BCUT2D eigenvalue weighted by atomic mass is 32.2. The van der Waals surface area contributed by atoms with Crippen molar-refractivity contribution in [3.05, 3.63) is 39.3 Å². The molecule has 4 rings (SSSR count). The standard InChI is InChI=1S/C24H29N9O11S2/c1-10-16(29-19(37)17(13-9-45-22(25)28-13)30-44-24(2,3)21(39)40)20(38)33(10)23(41)31-46(42,43)32-5-4-11(8-32)27-18(36)12-6-14(34)15(35)7-26-12/h6-7,9-11,16,35H,4-5,8H2,1-3H3,(H2,25,28)(H,26,34)(H,27,36)(H,29,37)(H,31,41)(H,39,40)/b30-17-/t10-,11-,16-/m0/s1. The number of carbonyl (C=O) groups excluding carboxylic acids is 4. The van der Waals surface area contributed by atoms with Crippen molar-refractivity contribution < 1.29 is 47.4 Å². The molecule has 46 heavy (non-hydrogen) atoms. The fraction of sp³-hybridized carbons (Fsp3) is 0.417. The fourth-order valence-corrected chi connectivity index (χ4v) is 5.96. The number of carboxylic acid groups (broad SMARTS) is 1. The van der Waals surface area contributed by atoms with Crippen molar-refractivity contribution in [3.63, 3.8) is 0 Å². The molecule has 0 spiro atoms. The van der Waals surface area contributed by atoms with E-state index < -0.39 is 80.5 Å². The van der Waals surface area contributed by atoms with E-state index in [0.29, 0.717) is 4.90 Å². The van der Waals surface area contributed by atoms with Gasteiger partial charge in [0.1, 0.15) is 17.4 Å². The largest absolute Gasteiger partial charge is 0.503 e. The zero-order valence-corrected chi connectivity index (χ0v) is 26.0. The second kappa shape index (κ2) is 12.7. The number of aromatic hydroxyl groups is 1. The number of anilines is 1. The lowest BCUT2D eigenvalue weighted by Gasteiger charge is -2.43. The van der Waals surface area contributed by atoms with Crippen molar-refractivity contribution >= 4 is 62.1 Å². The van der Waals surface area contributed by atoms with Crippen molar-refractivity contribution in [1.82, 2.24) is 34.5 Å². The van der Waals surface area contributed by atoms with E-state index in [1.165, 1.54) is 26.2 Å². The van der Waals surface area contributed by atoms with Crippen LogP contribution >= 0.6 is 11.3 Å². The lowest BCUT2D eigenvalue weighted by molar-refractivity contribution is -0.161. The van der Waals surface area contributed by atoms with Crippen molar-refractivity contribution in [1.29, 1.82) is 0 Å². The number of nitrogens with one attached hydrogen (secondary N) is 4. The molecule has 0 bridgehead atoms. The summed E-state index contributed by atoms with van der Waals surface area (Å²) in [6.07, 6.45) is 1.10. The number of H-pyrrole nitrogens is 1. The zero-order valence-electron chi connectivity index (χ0n) is 24.3. The van der Waals surface area contributed by atoms with Crippen LogP contribution in [0.3, 0.4) is 0 Å². The predicted molar refractivity (Wildman–Crippen MR) is 158 cm³/mol. The van der Waals surface area contributed by atoms with E-state index in [0.717, 1.165) is 27.9 Å². The van der Waals surface area contributed by atoms with Gasteiger partial charge in [-0.25, -0.2) is 19.3 Å². The number of rotatable bonds is 10. The van der Waals surface area contributed by atoms with E-state index in [1.807, 2.05) is 0 Å². The number of thiazole rings is 1. The Morgan fingerprint density at radius 3 is 2.52 bits per heavy atom. The van der Waals surface area contributed by atoms with Crippen LogP contribution in [0.15, 0.2) is 27.6 Å². The molecule has 0 radical (unpaired) electrons. The number of hydrogen-bond acceptors (Lipinski definition) is 14. The van der Waals surface area contributed by atoms with Gasteiger partial charge in [-0.05, 0) is 27.2 Å². The summed E-state index contributed by atoms with van der Waals surface area (Å²) in [6.45, 7) is 3.42. The van der Waals surface area contributed by atoms with Gasteiger partial charge < -0.3 is 36.4 Å². The number of hydrogen-bond donors (Lipinski definition) is 7. The van der Waals surface area contributed by atoms with Crippen molar-refractivity contribution in [3.8, 4) is 5.75 Å². The number of β-lactam (4-membered cyclic amide) rings is 1. The molecule has 2 aliphatic rings. The molecule has 2 aliphatic heterocycles. The van der Waals surface area contributed by atoms with Crippen molar-refractivity contribution in [2.45, 2.75) is 50.9 Å². The summed E-state index contributed by atoms with van der Waals surface area (Å²) < 4.78 is 28.5. The van der Waals surface area contributed by atoms with Gasteiger partial charge in [-0.1, -0.05) is 5.16 Å². The molecule has 8 N–H and O–H groups in total. The molecule has 20 nitrogen and oxygen atoms in total. The average molecular weight is 684 g/mol. The van der Waals surface area contributed by atoms with Gasteiger partial charge in [0.2, 0.25) is 11.0 Å². The van der Waals surface area contributed by atoms with Gasteiger partial charge >= 0.3 is 22.2 Å². The van der Waals surface area contributed by atoms with Crippen LogP contribution in [0.1, 0.15) is 43.4 Å². The topological polar surface area (TPSA) is 296 Å². The summed E-state index contributed by atoms with van der Waals surface area (Å²) in [7, 11) is -4.48. The van der Waals surface area contributed by atoms with Gasteiger partial charge in [0.15, 0.2) is 16.6 Å². The molecule has 5 amide bonds. The molecule has 2 fully saturated rings. The number of carboxylic acids is 1. The molecule has 2 aromatic rings. The van der Waals surface area contributed by atoms with Gasteiger partial charge in [0, 0.05) is 36.8 Å². The highest BCUT2D eigenvalue weighted by molar-refractivity contribution is 7.87. The summed E-state index contributed by atoms with van der Waals surface area (Å²) in [4.78, 5) is 86.1. The van der Waals surface area contributed by atoms with Crippen LogP contribution in [-0.2, 0) is 29.4 Å². The van der Waals surface area contributed by atoms with E-state index in [1.54, 1.807) is 4.72 Å². The number of pyridine rings is 1. The number of nitrogens with zero attached hydrogens (tertiary/aromatic N) is 4. The number of urea groups is 1. The third-order valence-electron chi connectivity index (χ3n) is 6.94. The first-order valence-corrected chi connectivity index (χ1v) is 15.6. The summed E-state index contributed by atoms with van der Waals surface area (Å²) in [6, 6.07) is -3.42. The Balaban J connectivity index is 1.36. The molecular formula is C24H29N9O11S2. The highest BCUT2D eigenvalue weighted by Gasteiger charge is 2.50. The molecule has 2 aromatic heterocycles. The van der Waals surface area contributed by atoms with E-state index in [2.05, 4.69) is 25.8 Å². The second-order valence-corrected chi connectivity index (χ2v) is 13.2. The average Bonchev–Trinajstić information content (AvgIpc) is 3.62. The zero-order chi connectivity index (χ0) is 34.1. The molecule has 0 aliphatic carbocycles. The predicted octanol–water partition coefficient (Wildman–Crippen LogP) is -2.12. The normalized spacial score (nSPS) is 20.5. The van der Waals surface area contributed by atoms with Crippen molar-refractivity contribution in [2.75, 3.05) is 18.8 Å². The van der Waals surface area contributed by atoms with Gasteiger partial charge in [0.05, 0.1) is 6.04 Å². The van der Waals surface area contributed by atoms with Crippen LogP contribution < -0.4 is 26.5 Å². The number of imide groups is 1. The molecule has 0 aromatic carbocycles. The quantitative estimate of drug-likeness (QED) is 0.0801. The summed E-state index contributed by atoms with van der Waals surface area (Å²) >= 11 is 0.955. The number of oxime groups is 1. The Kier molecular flexibility index (Phi) is 9.35. The first-order chi connectivity index (χ1) is 21.4. The van der Waals surface area contributed by atoms with Crippen LogP contribution in [0.2, 0.25) is 0 Å². The Hall–Kier alpha value is -5.09. The molecule has 248 valence electrons. The monoisotopic (exact) mass is 683 g/mol. The Morgan fingerprint density at radius 1 is 1.24 bits per heavy atom. The Bertz CT molecular complexity index is 1790. The maximum absolute atomic E-state index is 13.1. The van der Waals surface area contributed by atoms with Crippen LogP contribution in [0, 0.1) is 0 Å². The molecule has 2 saturated heterocycles. The van der Waals surface area contributed by atoms with Crippen LogP contribution in [0.4, 0.5) is 9.93 Å². The first-order valence-electron chi connectivity index (χ1n) is 13.3. The fourth-order valence-electron chi connectivity index (χ4n) is 4.25. The van der Waals surface area contributed by atoms with Gasteiger partial charge in [-0.2, -0.15) is 12.7 Å². The molecule has 0 saturated carbocycles. The highest BCUT2D eigenvalue weighted by Crippen LogP contribution is 2.22. The number of amides is 5. The van der Waals surface area contributed by atoms with Gasteiger partial charge in [0.25, 0.3) is 17.7 Å². The van der Waals surface area contributed by atoms with Gasteiger partial charge in [-0.15, -0.1) is 11.3 Å². The number of nitrogens with two attached hydrogens (primary N) is 1. The van der Waals surface area contributed by atoms with E-state index in [-0.39, 0.29) is 36.0 Å². The lowest BCUT2D eigenvalue weighted by atomic mass is 9.97. The molecule has 3 atom stereocenters. The minimum absolute atomic E-state index is 0.0607. The molecular weight excluding hydrogens is 654 g/mol. The SMILES string of the molecule is C[C@H]1[C@H](NC(=O)/C(=N\OC(C)(C)C(=O)O)c2csc(N)n2)C(=O)N1C(=O)NS(=O)(=O)N1CC[C@H](NC(=O)c2cc(=O)c(O)c[nH]2)C1. The minimum atomic E-state index is -4.48. The maximum Gasteiger partial charge on any atom is 0.350 e. The van der Waals surface area contributed by atoms with Crippen LogP contribution in [0.5, 0.6) is 5.75 Å². The molecule has 0 unspecified atom stereocenters. The van der Waals surface area contributed by atoms with Gasteiger partial charge in [-0.3, -0.25) is 24.1 Å². The second-order valence-electron chi connectivity index (χ2n) is 10.6. The smallest absolute Gasteiger partial charge is 0.350 e. The summed E-state index contributed by atoms with van der Waals surface area (Å²) in [5.41, 5.74) is 2.28. The third kappa shape index (κ3) is 7.07. The molecule has 22 heteroatoms. The number of aliphatic carboxylic acids is 1. The number of nitrogen functional groups attached to an aromatic ring is 1. The third-order valence-corrected chi connectivity index (χ3v) is 9.06. The number of likely N-dealkylation sites (tertiary alicyclic amines) is 1. The van der Waals surface area contributed by atoms with E-state index >= 15 is 0 Å². The number of carbonyl (C=O) groups is 5. The Labute approximate surface area is 263 Å². The van der Waals surface area contributed by atoms with Crippen molar-refractivity contribution in [2.24, 2.45) is 5.16 Å². The number of aromatic nitrogens is 2. The summed E-state index contributed by atoms with van der Waals surface area (Å²) in [5, 5.41) is 28.5. The van der Waals surface area contributed by atoms with E-state index in [4.69, 9.17) is 10.6 Å². The van der Waals surface area contributed by atoms with Crippen LogP contribution in [-0.4, -0.2) is 110 Å². The lowest BCUT2D eigenvalue weighted by Crippen LogP contribution is -2.73. The maximum atomic E-state index is 13.1. The molecule has 4 heterocycles. The first kappa shape index (κ1) is 33.8. The Morgan fingerprint density at radius 2 is 1.93 bits per heavy atom. The number of aromatic amines is 1. The summed E-state index contributed by atoms with van der Waals surface area (Å²) in [5.74, 6) is -4.64. The van der Waals surface area contributed by atoms with Crippen LogP contribution in [0.25, 0.3) is 0 Å². The minimum Gasteiger partial charge on any atom is -0.503 e.